The highest BCUT2D eigenvalue weighted by Crippen LogP contribution is 2.28. The molecule has 20 nitrogen and oxygen atoms in total. The summed E-state index contributed by atoms with van der Waals surface area (Å²) in [5.41, 5.74) is 26.0. The molecule has 0 aliphatic heterocycles. The number of hydrogen-bond acceptors (Lipinski definition) is 16. The number of anilines is 2. The summed E-state index contributed by atoms with van der Waals surface area (Å²) in [6.45, 7) is 36.2. The van der Waals surface area contributed by atoms with Crippen LogP contribution in [0.25, 0.3) is 21.8 Å². The molecule has 0 saturated carbocycles. The van der Waals surface area contributed by atoms with E-state index in [0.717, 1.165) is 12.1 Å². The molecule has 0 saturated heterocycles. The van der Waals surface area contributed by atoms with Crippen LogP contribution in [0.5, 0.6) is 0 Å². The molecule has 4 aromatic rings. The van der Waals surface area contributed by atoms with E-state index in [2.05, 4.69) is 119 Å². The van der Waals surface area contributed by atoms with Gasteiger partial charge >= 0.3 is 36.6 Å². The van der Waals surface area contributed by atoms with Gasteiger partial charge < -0.3 is 28.4 Å². The molecule has 4 amide bonds. The predicted octanol–water partition coefficient (Wildman–Crippen LogP) is 8.07. The maximum absolute atomic E-state index is 14.6. The van der Waals surface area contributed by atoms with Crippen LogP contribution in [0.1, 0.15) is 136 Å². The van der Waals surface area contributed by atoms with Crippen molar-refractivity contribution in [2.45, 2.75) is 170 Å². The van der Waals surface area contributed by atoms with E-state index in [1.54, 1.807) is 125 Å². The molecule has 0 fully saturated rings. The highest BCUT2D eigenvalue weighted by Gasteiger charge is 2.42. The number of nitrogens with zero attached hydrogens (tertiary/aromatic N) is 6. The number of fused-ring (bicyclic) bond motifs is 2. The molecule has 103 heavy (non-hydrogen) atoms. The van der Waals surface area contributed by atoms with Gasteiger partial charge in [-0.15, -0.1) is 9.80 Å². The predicted molar refractivity (Wildman–Crippen MR) is 415 cm³/mol. The highest BCUT2D eigenvalue weighted by molar-refractivity contribution is 9.08. The number of imide groups is 2. The van der Waals surface area contributed by atoms with Gasteiger partial charge in [-0.05, 0) is 237 Å². The van der Waals surface area contributed by atoms with Gasteiger partial charge in [-0.2, -0.15) is 9.13 Å². The summed E-state index contributed by atoms with van der Waals surface area (Å²) in [6.07, 6.45) is -12.5. The number of benzene rings is 2. The smallest absolute Gasteiger partial charge is 0.427 e. The zero-order valence-electron chi connectivity index (χ0n) is 61.2. The van der Waals surface area contributed by atoms with Crippen LogP contribution in [0, 0.1) is 18.6 Å². The first-order chi connectivity index (χ1) is 47.0. The summed E-state index contributed by atoms with van der Waals surface area (Å²) in [4.78, 5) is 115. The molecule has 0 N–H and O–H groups in total. The molecule has 2 heterocycles. The van der Waals surface area contributed by atoms with Crippen molar-refractivity contribution < 1.29 is 66.0 Å². The number of carbonyl (C=O) groups excluding carboxylic acids is 6. The number of aryl methyl sites for hydroxylation is 1. The van der Waals surface area contributed by atoms with Gasteiger partial charge in [-0.3, -0.25) is 9.59 Å². The lowest BCUT2D eigenvalue weighted by atomic mass is 8.44. The number of alkyl halides is 1. The monoisotopic (exact) mass is 1440 g/mol. The number of aromatic nitrogens is 4. The second-order valence-electron chi connectivity index (χ2n) is 27.8. The maximum Gasteiger partial charge on any atom is 0.427 e. The van der Waals surface area contributed by atoms with E-state index in [4.69, 9.17) is 98.1 Å². The Morgan fingerprint density at radius 1 is 0.447 bits per heavy atom. The molecule has 0 aliphatic rings. The van der Waals surface area contributed by atoms with Gasteiger partial charge in [0, 0.05) is 132 Å². The standard InChI is InChI=1S/C24H31BrFN3O7.C24H32FN3O7.C16H4.B16/c1-22(2,3)34-19(31)28-17(30)14-10-13(12-25)15(26)11-16(14)27-18(28)29(20(32)35-23(4,5)6)21(33)36-24(7,8)9;1-13-11-14-16(12-15(13)25)26-18(27(17(14)29)19(30)33-22(2,3)4)28(20(31)34-23(5,6)7)21(32)35-24(8,9)10;1-3-5-7-9-11-13-15-16-14-12-10-8-6-4-2;1-10(2)14(9)16(13(7)8)15(11(3)4)12(5)6/h10-11H,12H2,1-9H3;11-12H,1-10H3;1-2H2;. The van der Waals surface area contributed by atoms with Crippen molar-refractivity contribution in [1.82, 2.24) is 19.1 Å². The third kappa shape index (κ3) is 31.8. The second-order valence-corrected chi connectivity index (χ2v) is 28.3. The SMILES string of the molecule is C=C=C=C=C=C=C=C=C=C=C=C=C=C=C=C.CC(C)(C)OC(=O)N(C(=O)OC(C)(C)C)c1nc2cc(F)c(CBr)cc2c(=O)n1C(=O)OC(C)(C)C.Cc1cc2c(=O)n(C(=O)OC(C)(C)C)c(N(C(=O)OC(C)(C)C)C(=O)OC(C)(C)C)nc2cc1F.[B]B([B])B([B])B(B([B])[B])B(B([B])[B])B([B])[B]. The van der Waals surface area contributed by atoms with Gasteiger partial charge in [0.2, 0.25) is 11.9 Å². The van der Waals surface area contributed by atoms with Crippen LogP contribution < -0.4 is 20.9 Å². The van der Waals surface area contributed by atoms with Gasteiger partial charge in [0.1, 0.15) is 45.2 Å². The van der Waals surface area contributed by atoms with Crippen molar-refractivity contribution in [2.75, 3.05) is 9.80 Å². The molecule has 18 radical (unpaired) electrons. The third-order valence-corrected chi connectivity index (χ3v) is 12.3. The molecule has 0 unspecified atom stereocenters. The Morgan fingerprint density at radius 3 is 0.971 bits per heavy atom. The molecular formula is C64H67B16BrF2N6O14. The Labute approximate surface area is 623 Å². The van der Waals surface area contributed by atoms with Crippen molar-refractivity contribution in [3.8, 4) is 0 Å². The van der Waals surface area contributed by atoms with E-state index in [9.17, 15) is 47.1 Å². The Kier molecular flexibility index (Phi) is 35.6. The van der Waals surface area contributed by atoms with Crippen LogP contribution in [0.2, 0.25) is 0 Å². The lowest BCUT2D eigenvalue weighted by Crippen LogP contribution is -2.75. The van der Waals surface area contributed by atoms with E-state index >= 15 is 0 Å². The van der Waals surface area contributed by atoms with Crippen molar-refractivity contribution in [1.29, 1.82) is 0 Å². The summed E-state index contributed by atoms with van der Waals surface area (Å²) in [5, 5.41) is -0.162. The average molecular weight is 1440 g/mol. The zero-order chi connectivity index (χ0) is 79.8. The molecular weight excluding hydrogens is 1370 g/mol. The summed E-state index contributed by atoms with van der Waals surface area (Å²) in [7, 11) is 50.4. The van der Waals surface area contributed by atoms with E-state index < -0.39 is 150 Å². The van der Waals surface area contributed by atoms with Crippen LogP contribution in [0.4, 0.5) is 49.4 Å². The van der Waals surface area contributed by atoms with Crippen LogP contribution >= 0.6 is 15.9 Å². The maximum atomic E-state index is 14.6. The highest BCUT2D eigenvalue weighted by atomic mass is 79.9. The fourth-order valence-electron chi connectivity index (χ4n) is 7.79. The quantitative estimate of drug-likeness (QED) is 0.0667. The molecule has 0 atom stereocenters. The molecule has 0 spiro atoms. The van der Waals surface area contributed by atoms with E-state index in [1.807, 2.05) is 0 Å². The number of carbonyl (C=O) groups is 6. The zero-order valence-corrected chi connectivity index (χ0v) is 62.8. The molecule has 506 valence electrons. The molecule has 2 aromatic carbocycles. The molecule has 4 rings (SSSR count). The Balaban J connectivity index is 0.000000735. The van der Waals surface area contributed by atoms with Crippen molar-refractivity contribution >= 4 is 201 Å². The Morgan fingerprint density at radius 2 is 0.718 bits per heavy atom. The van der Waals surface area contributed by atoms with E-state index in [0.29, 0.717) is 18.9 Å². The second kappa shape index (κ2) is 39.7. The molecule has 0 bridgehead atoms. The first-order valence-corrected chi connectivity index (χ1v) is 32.0. The Hall–Kier alpha value is -8.82. The minimum atomic E-state index is -1.27. The number of hydrogen-bond donors (Lipinski definition) is 0. The lowest BCUT2D eigenvalue weighted by Gasteiger charge is -2.37. The van der Waals surface area contributed by atoms with Gasteiger partial charge in [0.25, 0.3) is 11.1 Å². The minimum absolute atomic E-state index is 0.0876. The van der Waals surface area contributed by atoms with Crippen molar-refractivity contribution in [3.63, 3.8) is 0 Å². The number of ether oxygens (including phenoxy) is 6. The first-order valence-electron chi connectivity index (χ1n) is 30.9. The summed E-state index contributed by atoms with van der Waals surface area (Å²) < 4.78 is 61.8. The number of rotatable bonds is 9. The van der Waals surface area contributed by atoms with Crippen LogP contribution in [-0.4, -0.2) is 204 Å². The Bertz CT molecular complexity index is 4410. The fourth-order valence-corrected chi connectivity index (χ4v) is 8.22. The van der Waals surface area contributed by atoms with Crippen molar-refractivity contribution in [3.05, 3.63) is 161 Å². The largest absolute Gasteiger partial charge is 0.443 e. The van der Waals surface area contributed by atoms with Crippen LogP contribution in [0.15, 0.2) is 127 Å². The average Bonchev–Trinajstić information content (AvgIpc) is 0.759. The minimum Gasteiger partial charge on any atom is -0.443 e. The number of amides is 4. The lowest BCUT2D eigenvalue weighted by molar-refractivity contribution is 0.0393. The van der Waals surface area contributed by atoms with Gasteiger partial charge in [0.05, 0.1) is 21.8 Å². The summed E-state index contributed by atoms with van der Waals surface area (Å²) in [5.74, 6) is -2.89. The normalized spacial score (nSPS) is 10.5. The third-order valence-electron chi connectivity index (χ3n) is 11.7. The summed E-state index contributed by atoms with van der Waals surface area (Å²) in [6, 6.07) is 4.39. The molecule has 0 aliphatic carbocycles. The van der Waals surface area contributed by atoms with Crippen molar-refractivity contribution in [2.24, 2.45) is 0 Å². The molecule has 2 aromatic heterocycles. The van der Waals surface area contributed by atoms with Gasteiger partial charge in [0.15, 0.2) is 0 Å². The van der Waals surface area contributed by atoms with Gasteiger partial charge in [-0.25, -0.2) is 47.5 Å². The van der Waals surface area contributed by atoms with Crippen LogP contribution in [0.3, 0.4) is 0 Å². The summed E-state index contributed by atoms with van der Waals surface area (Å²) >= 11 is 3.15. The van der Waals surface area contributed by atoms with Crippen LogP contribution in [-0.2, 0) is 33.8 Å². The fraction of sp³-hybridized carbons (Fsp3) is 0.406. The topological polar surface area (TPSA) is 234 Å². The van der Waals surface area contributed by atoms with E-state index in [-0.39, 0.29) is 38.3 Å². The molecule has 39 heteroatoms. The van der Waals surface area contributed by atoms with E-state index in [1.165, 1.54) is 19.1 Å². The first kappa shape index (κ1) is 92.2. The van der Waals surface area contributed by atoms with Gasteiger partial charge in [-0.1, -0.05) is 27.4 Å². The number of halogens is 3.